The Morgan fingerprint density at radius 3 is 2.48 bits per heavy atom. The first-order valence-corrected chi connectivity index (χ1v) is 9.66. The van der Waals surface area contributed by atoms with Gasteiger partial charge in [-0.1, -0.05) is 36.2 Å². The van der Waals surface area contributed by atoms with Crippen molar-refractivity contribution < 1.29 is 9.47 Å². The van der Waals surface area contributed by atoms with Gasteiger partial charge in [0, 0.05) is 28.2 Å². The van der Waals surface area contributed by atoms with Gasteiger partial charge >= 0.3 is 0 Å². The second-order valence-corrected chi connectivity index (χ2v) is 7.46. The Hall–Kier alpha value is -0.940. The van der Waals surface area contributed by atoms with Gasteiger partial charge in [0.1, 0.15) is 6.61 Å². The molecule has 25 heavy (non-hydrogen) atoms. The molecule has 136 valence electrons. The highest BCUT2D eigenvalue weighted by Crippen LogP contribution is 2.38. The maximum Gasteiger partial charge on any atom is 0.175 e. The monoisotopic (exact) mass is 445 g/mol. The maximum absolute atomic E-state index is 6.20. The third-order valence-electron chi connectivity index (χ3n) is 3.98. The van der Waals surface area contributed by atoms with E-state index in [0.29, 0.717) is 27.6 Å². The molecule has 2 rings (SSSR count). The number of methoxy groups -OCH3 is 1. The van der Waals surface area contributed by atoms with Gasteiger partial charge in [0.2, 0.25) is 0 Å². The van der Waals surface area contributed by atoms with Gasteiger partial charge in [-0.25, -0.2) is 0 Å². The summed E-state index contributed by atoms with van der Waals surface area (Å²) in [6, 6.07) is 9.86. The maximum atomic E-state index is 6.20. The number of halogens is 3. The molecular formula is C19H22BrCl2NO2. The van der Waals surface area contributed by atoms with Crippen LogP contribution >= 0.6 is 39.1 Å². The largest absolute Gasteiger partial charge is 0.493 e. The van der Waals surface area contributed by atoms with Crippen LogP contribution in [0.4, 0.5) is 0 Å². The van der Waals surface area contributed by atoms with Gasteiger partial charge in [0.15, 0.2) is 11.5 Å². The van der Waals surface area contributed by atoms with Gasteiger partial charge in [-0.3, -0.25) is 0 Å². The molecule has 3 nitrogen and oxygen atoms in total. The van der Waals surface area contributed by atoms with Crippen molar-refractivity contribution in [1.29, 1.82) is 0 Å². The van der Waals surface area contributed by atoms with Crippen LogP contribution in [-0.2, 0) is 13.2 Å². The molecule has 0 fully saturated rings. The molecule has 0 heterocycles. The van der Waals surface area contributed by atoms with Gasteiger partial charge in [-0.15, -0.1) is 0 Å². The Kier molecular flexibility index (Phi) is 7.88. The zero-order chi connectivity index (χ0) is 18.4. The minimum Gasteiger partial charge on any atom is -0.493 e. The van der Waals surface area contributed by atoms with Gasteiger partial charge in [-0.05, 0) is 59.1 Å². The lowest BCUT2D eigenvalue weighted by Crippen LogP contribution is -2.24. The molecule has 0 spiro atoms. The number of hydrogen-bond donors (Lipinski definition) is 1. The molecule has 0 amide bonds. The molecule has 0 saturated carbocycles. The molecule has 0 aliphatic heterocycles. The quantitative estimate of drug-likeness (QED) is 0.521. The first kappa shape index (κ1) is 20.4. The normalized spacial score (nSPS) is 12.1. The second-order valence-electron chi connectivity index (χ2n) is 5.79. The second kappa shape index (κ2) is 9.67. The Morgan fingerprint density at radius 1 is 1.20 bits per heavy atom. The lowest BCUT2D eigenvalue weighted by atomic mass is 10.1. The van der Waals surface area contributed by atoms with Gasteiger partial charge in [-0.2, -0.15) is 0 Å². The zero-order valence-corrected chi connectivity index (χ0v) is 17.6. The predicted molar refractivity (Wildman–Crippen MR) is 108 cm³/mol. The van der Waals surface area contributed by atoms with Crippen LogP contribution in [0.25, 0.3) is 0 Å². The summed E-state index contributed by atoms with van der Waals surface area (Å²) in [6.45, 7) is 5.35. The highest BCUT2D eigenvalue weighted by molar-refractivity contribution is 9.10. The standard InChI is InChI=1S/C19H22BrCl2NO2/c1-4-12(2)23-10-13-8-15(20)19(18(9-13)24-3)25-11-14-16(21)6-5-7-17(14)22/h5-9,12,23H,4,10-11H2,1-3H3. The third kappa shape index (κ3) is 5.52. The Bertz CT molecular complexity index is 705. The summed E-state index contributed by atoms with van der Waals surface area (Å²) in [5.41, 5.74) is 1.87. The number of nitrogens with one attached hydrogen (secondary N) is 1. The summed E-state index contributed by atoms with van der Waals surface area (Å²) < 4.78 is 12.3. The van der Waals surface area contributed by atoms with E-state index in [-0.39, 0.29) is 6.61 Å². The van der Waals surface area contributed by atoms with Crippen LogP contribution in [0, 0.1) is 0 Å². The predicted octanol–water partition coefficient (Wildman–Crippen LogP) is 6.23. The van der Waals surface area contributed by atoms with E-state index in [1.807, 2.05) is 18.2 Å². The van der Waals surface area contributed by atoms with Crippen molar-refractivity contribution in [3.8, 4) is 11.5 Å². The number of benzene rings is 2. The molecule has 1 unspecified atom stereocenters. The van der Waals surface area contributed by atoms with Crippen molar-refractivity contribution in [2.75, 3.05) is 7.11 Å². The third-order valence-corrected chi connectivity index (χ3v) is 5.28. The van der Waals surface area contributed by atoms with E-state index in [0.717, 1.165) is 28.6 Å². The minimum absolute atomic E-state index is 0.262. The number of rotatable bonds is 8. The van der Waals surface area contributed by atoms with E-state index in [2.05, 4.69) is 35.1 Å². The van der Waals surface area contributed by atoms with Crippen molar-refractivity contribution in [1.82, 2.24) is 5.32 Å². The highest BCUT2D eigenvalue weighted by Gasteiger charge is 2.14. The lowest BCUT2D eigenvalue weighted by Gasteiger charge is -2.17. The molecule has 0 aliphatic carbocycles. The Balaban J connectivity index is 2.17. The van der Waals surface area contributed by atoms with E-state index >= 15 is 0 Å². The van der Waals surface area contributed by atoms with Crippen molar-refractivity contribution in [3.63, 3.8) is 0 Å². The Morgan fingerprint density at radius 2 is 1.88 bits per heavy atom. The highest BCUT2D eigenvalue weighted by atomic mass is 79.9. The van der Waals surface area contributed by atoms with Crippen LogP contribution in [0.3, 0.4) is 0 Å². The molecular weight excluding hydrogens is 425 g/mol. The molecule has 6 heteroatoms. The van der Waals surface area contributed by atoms with Crippen molar-refractivity contribution >= 4 is 39.1 Å². The summed E-state index contributed by atoms with van der Waals surface area (Å²) in [7, 11) is 1.63. The topological polar surface area (TPSA) is 30.5 Å². The average molecular weight is 447 g/mol. The smallest absolute Gasteiger partial charge is 0.175 e. The summed E-state index contributed by atoms with van der Waals surface area (Å²) in [4.78, 5) is 0. The summed E-state index contributed by atoms with van der Waals surface area (Å²) >= 11 is 16.0. The van der Waals surface area contributed by atoms with Crippen molar-refractivity contribution in [3.05, 3.63) is 56.0 Å². The first-order chi connectivity index (χ1) is 12.0. The molecule has 1 atom stereocenters. The molecule has 0 radical (unpaired) electrons. The van der Waals surface area contributed by atoms with E-state index in [9.17, 15) is 0 Å². The minimum atomic E-state index is 0.262. The van der Waals surface area contributed by atoms with Crippen LogP contribution in [0.5, 0.6) is 11.5 Å². The van der Waals surface area contributed by atoms with E-state index in [1.54, 1.807) is 19.2 Å². The zero-order valence-electron chi connectivity index (χ0n) is 14.5. The summed E-state index contributed by atoms with van der Waals surface area (Å²) in [5.74, 6) is 1.30. The van der Waals surface area contributed by atoms with Crippen LogP contribution in [0.2, 0.25) is 10.0 Å². The van der Waals surface area contributed by atoms with E-state index < -0.39 is 0 Å². The van der Waals surface area contributed by atoms with Crippen LogP contribution in [-0.4, -0.2) is 13.2 Å². The SMILES string of the molecule is CCC(C)NCc1cc(Br)c(OCc2c(Cl)cccc2Cl)c(OC)c1. The molecule has 0 saturated heterocycles. The molecule has 1 N–H and O–H groups in total. The Labute approximate surface area is 167 Å². The molecule has 2 aromatic carbocycles. The van der Waals surface area contributed by atoms with Crippen molar-refractivity contribution in [2.45, 2.75) is 39.5 Å². The van der Waals surface area contributed by atoms with Gasteiger partial charge in [0.25, 0.3) is 0 Å². The lowest BCUT2D eigenvalue weighted by molar-refractivity contribution is 0.282. The van der Waals surface area contributed by atoms with Gasteiger partial charge in [0.05, 0.1) is 11.6 Å². The van der Waals surface area contributed by atoms with Gasteiger partial charge < -0.3 is 14.8 Å². The number of hydrogen-bond acceptors (Lipinski definition) is 3. The van der Waals surface area contributed by atoms with E-state index in [4.69, 9.17) is 32.7 Å². The first-order valence-electron chi connectivity index (χ1n) is 8.11. The average Bonchev–Trinajstić information content (AvgIpc) is 2.60. The fourth-order valence-electron chi connectivity index (χ4n) is 2.27. The molecule has 0 aromatic heterocycles. The number of ether oxygens (including phenoxy) is 2. The molecule has 0 bridgehead atoms. The molecule has 0 aliphatic rings. The molecule has 2 aromatic rings. The fraction of sp³-hybridized carbons (Fsp3) is 0.368. The van der Waals surface area contributed by atoms with Crippen molar-refractivity contribution in [2.24, 2.45) is 0 Å². The fourth-order valence-corrected chi connectivity index (χ4v) is 3.38. The van der Waals surface area contributed by atoms with Crippen LogP contribution < -0.4 is 14.8 Å². The van der Waals surface area contributed by atoms with Crippen LogP contribution in [0.15, 0.2) is 34.8 Å². The summed E-state index contributed by atoms with van der Waals surface area (Å²) in [5, 5.41) is 4.63. The summed E-state index contributed by atoms with van der Waals surface area (Å²) in [6.07, 6.45) is 1.08. The van der Waals surface area contributed by atoms with E-state index in [1.165, 1.54) is 0 Å². The van der Waals surface area contributed by atoms with Crippen LogP contribution in [0.1, 0.15) is 31.4 Å².